The predicted molar refractivity (Wildman–Crippen MR) is 128 cm³/mol. The van der Waals surface area contributed by atoms with E-state index in [0.717, 1.165) is 29.9 Å². The molecule has 0 unspecified atom stereocenters. The number of hydrogen-bond donors (Lipinski definition) is 3. The summed E-state index contributed by atoms with van der Waals surface area (Å²) in [5.41, 5.74) is 0.642. The summed E-state index contributed by atoms with van der Waals surface area (Å²) in [5.74, 6) is -1.97. The molecule has 0 radical (unpaired) electrons. The predicted octanol–water partition coefficient (Wildman–Crippen LogP) is 4.72. The van der Waals surface area contributed by atoms with E-state index in [-0.39, 0.29) is 22.2 Å². The highest BCUT2D eigenvalue weighted by molar-refractivity contribution is 7.21. The number of aliphatic hydroxyl groups excluding tert-OH is 1. The van der Waals surface area contributed by atoms with E-state index in [1.807, 2.05) is 6.07 Å². The van der Waals surface area contributed by atoms with Crippen molar-refractivity contribution in [3.8, 4) is 5.69 Å². The Morgan fingerprint density at radius 1 is 1.06 bits per heavy atom. The monoisotopic (exact) mass is 481 g/mol. The van der Waals surface area contributed by atoms with E-state index in [4.69, 9.17) is 0 Å². The number of aromatic nitrogens is 1. The van der Waals surface area contributed by atoms with E-state index >= 15 is 0 Å². The fourth-order valence-electron chi connectivity index (χ4n) is 4.26. The number of halogens is 2. The van der Waals surface area contributed by atoms with Crippen molar-refractivity contribution < 1.29 is 18.7 Å². The van der Waals surface area contributed by atoms with Gasteiger partial charge in [-0.05, 0) is 49.6 Å². The highest BCUT2D eigenvalue weighted by Crippen LogP contribution is 2.38. The van der Waals surface area contributed by atoms with Gasteiger partial charge >= 0.3 is 0 Å². The number of aliphatic hydroxyl groups is 1. The van der Waals surface area contributed by atoms with Crippen LogP contribution in [0.3, 0.4) is 0 Å². The van der Waals surface area contributed by atoms with Crippen molar-refractivity contribution in [3.05, 3.63) is 87.5 Å². The van der Waals surface area contributed by atoms with Gasteiger partial charge in [0.15, 0.2) is 0 Å². The number of nitrogens with one attached hydrogen (secondary N) is 2. The number of carbonyl (C=O) groups is 1. The maximum Gasteiger partial charge on any atom is 0.263 e. The number of hydrogen-bond acceptors (Lipinski definition) is 5. The molecule has 174 valence electrons. The Hall–Kier alpha value is -3.56. The molecule has 0 bridgehead atoms. The van der Waals surface area contributed by atoms with Crippen LogP contribution in [-0.4, -0.2) is 27.7 Å². The van der Waals surface area contributed by atoms with Gasteiger partial charge in [-0.25, -0.2) is 8.78 Å². The van der Waals surface area contributed by atoms with Crippen LogP contribution in [0.2, 0.25) is 0 Å². The van der Waals surface area contributed by atoms with Crippen LogP contribution in [0.1, 0.15) is 28.9 Å². The number of pyridine rings is 1. The molecule has 0 spiro atoms. The van der Waals surface area contributed by atoms with E-state index in [2.05, 4.69) is 10.6 Å². The zero-order valence-electron chi connectivity index (χ0n) is 17.9. The second kappa shape index (κ2) is 9.00. The van der Waals surface area contributed by atoms with E-state index in [9.17, 15) is 23.5 Å². The van der Waals surface area contributed by atoms with Gasteiger partial charge in [0.1, 0.15) is 21.3 Å². The van der Waals surface area contributed by atoms with Crippen molar-refractivity contribution in [3.63, 3.8) is 0 Å². The van der Waals surface area contributed by atoms with Gasteiger partial charge in [0.25, 0.3) is 11.5 Å². The quantitative estimate of drug-likeness (QED) is 0.385. The molecular formula is C25H21F2N3O3S. The molecule has 1 saturated carbocycles. The van der Waals surface area contributed by atoms with Gasteiger partial charge in [-0.1, -0.05) is 18.2 Å². The summed E-state index contributed by atoms with van der Waals surface area (Å²) in [4.78, 5) is 26.8. The topological polar surface area (TPSA) is 83.4 Å². The second-order valence-corrected chi connectivity index (χ2v) is 9.19. The minimum atomic E-state index is -0.812. The van der Waals surface area contributed by atoms with E-state index < -0.39 is 23.6 Å². The van der Waals surface area contributed by atoms with Crippen molar-refractivity contribution >= 4 is 38.8 Å². The zero-order chi connectivity index (χ0) is 23.8. The Balaban J connectivity index is 1.67. The number of amides is 1. The smallest absolute Gasteiger partial charge is 0.263 e. The maximum absolute atomic E-state index is 14.5. The molecule has 1 amide bonds. The number of carbonyl (C=O) groups excluding carboxylic acids is 1. The van der Waals surface area contributed by atoms with E-state index in [1.54, 1.807) is 30.3 Å². The Kier molecular flexibility index (Phi) is 5.89. The molecule has 2 aromatic carbocycles. The highest BCUT2D eigenvalue weighted by Gasteiger charge is 2.29. The summed E-state index contributed by atoms with van der Waals surface area (Å²) < 4.78 is 29.4. The Bertz CT molecular complexity index is 1430. The molecule has 1 aliphatic carbocycles. The summed E-state index contributed by atoms with van der Waals surface area (Å²) in [5, 5.41) is 16.5. The molecule has 2 atom stereocenters. The maximum atomic E-state index is 14.5. The lowest BCUT2D eigenvalue weighted by atomic mass is 10.2. The third-order valence-electron chi connectivity index (χ3n) is 5.95. The molecule has 2 aromatic heterocycles. The minimum Gasteiger partial charge on any atom is -0.391 e. The molecule has 1 aliphatic rings. The summed E-state index contributed by atoms with van der Waals surface area (Å²) in [6.07, 6.45) is 1.43. The number of thiophene rings is 1. The van der Waals surface area contributed by atoms with Crippen LogP contribution < -0.4 is 16.2 Å². The number of anilines is 2. The van der Waals surface area contributed by atoms with Crippen LogP contribution >= 0.6 is 11.3 Å². The van der Waals surface area contributed by atoms with Crippen molar-refractivity contribution in [2.24, 2.45) is 0 Å². The Morgan fingerprint density at radius 3 is 2.56 bits per heavy atom. The SMILES string of the molecule is O=C(N[C@H]1CCC[C@@H]1O)c1sc2c(ccc(=O)n2-c2ccccc2)c1Nc1ccc(F)cc1F. The third-order valence-corrected chi connectivity index (χ3v) is 7.14. The van der Waals surface area contributed by atoms with Crippen LogP contribution in [-0.2, 0) is 0 Å². The van der Waals surface area contributed by atoms with Crippen LogP contribution in [0.15, 0.2) is 65.5 Å². The standard InChI is InChI=1S/C25H21F2N3O3S/c26-14-9-11-18(17(27)13-14)28-22-16-10-12-21(32)30(15-5-2-1-3-6-15)25(16)34-23(22)24(33)29-19-7-4-8-20(19)31/h1-3,5-6,9-13,19-20,28,31H,4,7-8H2,(H,29,33)/t19-,20-/m0/s1. The zero-order valence-corrected chi connectivity index (χ0v) is 18.7. The molecule has 1 fully saturated rings. The van der Waals surface area contributed by atoms with Crippen molar-refractivity contribution in [1.82, 2.24) is 9.88 Å². The lowest BCUT2D eigenvalue weighted by Crippen LogP contribution is -2.39. The van der Waals surface area contributed by atoms with Crippen LogP contribution in [0.5, 0.6) is 0 Å². The van der Waals surface area contributed by atoms with Gasteiger partial charge < -0.3 is 15.7 Å². The summed E-state index contributed by atoms with van der Waals surface area (Å²) >= 11 is 1.09. The van der Waals surface area contributed by atoms with Gasteiger partial charge in [0.2, 0.25) is 0 Å². The molecular weight excluding hydrogens is 460 g/mol. The molecule has 0 saturated heterocycles. The molecule has 9 heteroatoms. The molecule has 34 heavy (non-hydrogen) atoms. The van der Waals surface area contributed by atoms with Gasteiger partial charge in [-0.3, -0.25) is 14.2 Å². The Labute approximate surface area is 197 Å². The molecule has 4 aromatic rings. The summed E-state index contributed by atoms with van der Waals surface area (Å²) in [6.45, 7) is 0. The van der Waals surface area contributed by atoms with Gasteiger partial charge in [0, 0.05) is 17.5 Å². The van der Waals surface area contributed by atoms with E-state index in [1.165, 1.54) is 16.7 Å². The van der Waals surface area contributed by atoms with Crippen LogP contribution in [0.4, 0.5) is 20.2 Å². The number of para-hydroxylation sites is 1. The fourth-order valence-corrected chi connectivity index (χ4v) is 5.43. The van der Waals surface area contributed by atoms with Crippen molar-refractivity contribution in [1.29, 1.82) is 0 Å². The lowest BCUT2D eigenvalue weighted by molar-refractivity contribution is 0.0878. The summed E-state index contributed by atoms with van der Waals surface area (Å²) in [6, 6.07) is 14.7. The first-order chi connectivity index (χ1) is 16.4. The number of rotatable bonds is 5. The largest absolute Gasteiger partial charge is 0.391 e. The van der Waals surface area contributed by atoms with Gasteiger partial charge in [-0.2, -0.15) is 0 Å². The molecule has 2 heterocycles. The van der Waals surface area contributed by atoms with Gasteiger partial charge in [0.05, 0.1) is 29.2 Å². The normalized spacial score (nSPS) is 17.7. The molecule has 0 aliphatic heterocycles. The third kappa shape index (κ3) is 4.08. The highest BCUT2D eigenvalue weighted by atomic mass is 32.1. The minimum absolute atomic E-state index is 0.00601. The molecule has 5 rings (SSSR count). The fraction of sp³-hybridized carbons (Fsp3) is 0.200. The first-order valence-corrected chi connectivity index (χ1v) is 11.7. The number of benzene rings is 2. The lowest BCUT2D eigenvalue weighted by Gasteiger charge is -2.16. The first-order valence-electron chi connectivity index (χ1n) is 10.9. The van der Waals surface area contributed by atoms with Crippen LogP contribution in [0, 0.1) is 11.6 Å². The number of nitrogens with zero attached hydrogens (tertiary/aromatic N) is 1. The summed E-state index contributed by atoms with van der Waals surface area (Å²) in [7, 11) is 0. The van der Waals surface area contributed by atoms with Crippen molar-refractivity contribution in [2.75, 3.05) is 5.32 Å². The average Bonchev–Trinajstić information content (AvgIpc) is 3.39. The average molecular weight is 482 g/mol. The van der Waals surface area contributed by atoms with E-state index in [0.29, 0.717) is 34.4 Å². The second-order valence-electron chi connectivity index (χ2n) is 8.19. The van der Waals surface area contributed by atoms with Crippen LogP contribution in [0.25, 0.3) is 15.9 Å². The van der Waals surface area contributed by atoms with Gasteiger partial charge in [-0.15, -0.1) is 11.3 Å². The van der Waals surface area contributed by atoms with Crippen molar-refractivity contribution in [2.45, 2.75) is 31.4 Å². The Morgan fingerprint density at radius 2 is 1.85 bits per heavy atom. The molecule has 6 nitrogen and oxygen atoms in total. The molecule has 3 N–H and O–H groups in total. The number of fused-ring (bicyclic) bond motifs is 1. The first kappa shape index (κ1) is 22.2.